The Bertz CT molecular complexity index is 439. The molecular weight excluding hydrogens is 256 g/mol. The Balaban J connectivity index is 1.64. The molecule has 0 amide bonds. The normalized spacial score (nSPS) is 28.5. The molecule has 0 aromatic heterocycles. The van der Waals surface area contributed by atoms with Gasteiger partial charge in [-0.1, -0.05) is 45.0 Å². The highest BCUT2D eigenvalue weighted by molar-refractivity contribution is 5.24. The molecule has 1 aromatic rings. The van der Waals surface area contributed by atoms with Crippen LogP contribution in [0.1, 0.15) is 63.5 Å². The molecule has 1 N–H and O–H groups in total. The maximum Gasteiger partial charge on any atom is 0.0236 e. The maximum absolute atomic E-state index is 3.76. The summed E-state index contributed by atoms with van der Waals surface area (Å²) in [5.74, 6) is 0.626. The molecule has 3 rings (SSSR count). The van der Waals surface area contributed by atoms with E-state index in [-0.39, 0.29) is 0 Å². The van der Waals surface area contributed by atoms with Gasteiger partial charge >= 0.3 is 0 Å². The highest BCUT2D eigenvalue weighted by atomic mass is 15.2. The molecule has 2 unspecified atom stereocenters. The molecule has 0 spiro atoms. The molecule has 2 nitrogen and oxygen atoms in total. The van der Waals surface area contributed by atoms with E-state index in [0.29, 0.717) is 5.92 Å². The minimum Gasteiger partial charge on any atom is -0.311 e. The Morgan fingerprint density at radius 1 is 1.10 bits per heavy atom. The van der Waals surface area contributed by atoms with Crippen molar-refractivity contribution < 1.29 is 0 Å². The van der Waals surface area contributed by atoms with E-state index < -0.39 is 0 Å². The lowest BCUT2D eigenvalue weighted by molar-refractivity contribution is 0.141. The SMILES string of the molecule is CCN(Cc1ccc(C(C)C)cc1)C1CC2CCC(C1)N2. The van der Waals surface area contributed by atoms with E-state index in [9.17, 15) is 0 Å². The fraction of sp³-hybridized carbons (Fsp3) is 0.684. The largest absolute Gasteiger partial charge is 0.311 e. The lowest BCUT2D eigenvalue weighted by atomic mass is 9.97. The minimum atomic E-state index is 0.626. The van der Waals surface area contributed by atoms with Gasteiger partial charge in [0.2, 0.25) is 0 Å². The van der Waals surface area contributed by atoms with Gasteiger partial charge in [-0.3, -0.25) is 4.90 Å². The number of fused-ring (bicyclic) bond motifs is 2. The average molecular weight is 286 g/mol. The van der Waals surface area contributed by atoms with Crippen LogP contribution in [0.2, 0.25) is 0 Å². The van der Waals surface area contributed by atoms with Crippen molar-refractivity contribution in [3.8, 4) is 0 Å². The minimum absolute atomic E-state index is 0.626. The summed E-state index contributed by atoms with van der Waals surface area (Å²) < 4.78 is 0. The molecule has 21 heavy (non-hydrogen) atoms. The van der Waals surface area contributed by atoms with Crippen molar-refractivity contribution >= 4 is 0 Å². The van der Waals surface area contributed by atoms with Crippen LogP contribution in [-0.2, 0) is 6.54 Å². The standard InChI is InChI=1S/C19H30N2/c1-4-21(19-11-17-9-10-18(12-19)20-17)13-15-5-7-16(8-6-15)14(2)3/h5-8,14,17-20H,4,9-13H2,1-3H3. The lowest BCUT2D eigenvalue weighted by Crippen LogP contribution is -2.47. The number of hydrogen-bond donors (Lipinski definition) is 1. The fourth-order valence-electron chi connectivity index (χ4n) is 4.07. The van der Waals surface area contributed by atoms with Crippen molar-refractivity contribution in [3.63, 3.8) is 0 Å². The molecule has 2 heterocycles. The average Bonchev–Trinajstić information content (AvgIpc) is 2.83. The number of benzene rings is 1. The van der Waals surface area contributed by atoms with Gasteiger partial charge in [-0.15, -0.1) is 0 Å². The van der Waals surface area contributed by atoms with Gasteiger partial charge in [0, 0.05) is 24.7 Å². The van der Waals surface area contributed by atoms with E-state index in [4.69, 9.17) is 0 Å². The first kappa shape index (κ1) is 15.1. The smallest absolute Gasteiger partial charge is 0.0236 e. The van der Waals surface area contributed by atoms with Crippen LogP contribution in [0.5, 0.6) is 0 Å². The molecule has 0 saturated carbocycles. The highest BCUT2D eigenvalue weighted by Crippen LogP contribution is 2.30. The molecule has 2 heteroatoms. The van der Waals surface area contributed by atoms with Crippen molar-refractivity contribution in [1.29, 1.82) is 0 Å². The quantitative estimate of drug-likeness (QED) is 0.882. The summed E-state index contributed by atoms with van der Waals surface area (Å²) in [4.78, 5) is 2.69. The van der Waals surface area contributed by atoms with Crippen LogP contribution in [0.25, 0.3) is 0 Å². The first-order chi connectivity index (χ1) is 10.2. The van der Waals surface area contributed by atoms with Crippen LogP contribution < -0.4 is 5.32 Å². The van der Waals surface area contributed by atoms with Crippen LogP contribution in [-0.4, -0.2) is 29.6 Å². The highest BCUT2D eigenvalue weighted by Gasteiger charge is 2.35. The second-order valence-corrected chi connectivity index (χ2v) is 7.22. The first-order valence-electron chi connectivity index (χ1n) is 8.74. The topological polar surface area (TPSA) is 15.3 Å². The maximum atomic E-state index is 3.76. The van der Waals surface area contributed by atoms with Crippen LogP contribution in [0, 0.1) is 0 Å². The molecule has 2 atom stereocenters. The molecule has 2 bridgehead atoms. The zero-order chi connectivity index (χ0) is 14.8. The van der Waals surface area contributed by atoms with Gasteiger partial charge in [-0.2, -0.15) is 0 Å². The summed E-state index contributed by atoms with van der Waals surface area (Å²) >= 11 is 0. The Labute approximate surface area is 129 Å². The number of piperidine rings is 1. The van der Waals surface area contributed by atoms with Crippen LogP contribution in [0.4, 0.5) is 0 Å². The second kappa shape index (κ2) is 6.50. The van der Waals surface area contributed by atoms with Crippen molar-refractivity contribution in [1.82, 2.24) is 10.2 Å². The Morgan fingerprint density at radius 2 is 1.71 bits per heavy atom. The monoisotopic (exact) mass is 286 g/mol. The Kier molecular flexibility index (Phi) is 4.66. The second-order valence-electron chi connectivity index (χ2n) is 7.22. The summed E-state index contributed by atoms with van der Waals surface area (Å²) in [5.41, 5.74) is 2.91. The molecule has 2 aliphatic rings. The molecule has 2 saturated heterocycles. The van der Waals surface area contributed by atoms with Gasteiger partial charge in [0.25, 0.3) is 0 Å². The van der Waals surface area contributed by atoms with Crippen molar-refractivity contribution in [3.05, 3.63) is 35.4 Å². The van der Waals surface area contributed by atoms with Gasteiger partial charge in [-0.05, 0) is 49.3 Å². The van der Waals surface area contributed by atoms with Gasteiger partial charge in [0.1, 0.15) is 0 Å². The van der Waals surface area contributed by atoms with Crippen molar-refractivity contribution in [2.75, 3.05) is 6.54 Å². The van der Waals surface area contributed by atoms with Crippen LogP contribution in [0.15, 0.2) is 24.3 Å². The number of nitrogens with zero attached hydrogens (tertiary/aromatic N) is 1. The number of nitrogens with one attached hydrogen (secondary N) is 1. The molecular formula is C19H30N2. The van der Waals surface area contributed by atoms with Crippen molar-refractivity contribution in [2.45, 2.75) is 77.0 Å². The summed E-state index contributed by atoms with van der Waals surface area (Å²) in [6.07, 6.45) is 5.46. The van der Waals surface area contributed by atoms with E-state index in [0.717, 1.165) is 31.2 Å². The first-order valence-corrected chi connectivity index (χ1v) is 8.74. The van der Waals surface area contributed by atoms with Crippen molar-refractivity contribution in [2.24, 2.45) is 0 Å². The third kappa shape index (κ3) is 3.49. The van der Waals surface area contributed by atoms with Gasteiger partial charge in [0.05, 0.1) is 0 Å². The molecule has 1 aromatic carbocycles. The lowest BCUT2D eigenvalue weighted by Gasteiger charge is -2.37. The number of rotatable bonds is 5. The van der Waals surface area contributed by atoms with Gasteiger partial charge < -0.3 is 5.32 Å². The molecule has 0 aliphatic carbocycles. The zero-order valence-electron chi connectivity index (χ0n) is 13.8. The predicted molar refractivity (Wildman–Crippen MR) is 89.6 cm³/mol. The van der Waals surface area contributed by atoms with E-state index in [1.165, 1.54) is 36.8 Å². The summed E-state index contributed by atoms with van der Waals surface area (Å²) in [7, 11) is 0. The summed E-state index contributed by atoms with van der Waals surface area (Å²) in [6.45, 7) is 9.11. The molecule has 2 fully saturated rings. The molecule has 116 valence electrons. The summed E-state index contributed by atoms with van der Waals surface area (Å²) in [5, 5.41) is 3.76. The van der Waals surface area contributed by atoms with Gasteiger partial charge in [0.15, 0.2) is 0 Å². The van der Waals surface area contributed by atoms with E-state index >= 15 is 0 Å². The third-order valence-corrected chi connectivity index (χ3v) is 5.40. The Hall–Kier alpha value is -0.860. The van der Waals surface area contributed by atoms with E-state index in [2.05, 4.69) is 55.3 Å². The predicted octanol–water partition coefficient (Wildman–Crippen LogP) is 3.91. The molecule has 0 radical (unpaired) electrons. The van der Waals surface area contributed by atoms with Crippen LogP contribution in [0.3, 0.4) is 0 Å². The van der Waals surface area contributed by atoms with Crippen LogP contribution >= 0.6 is 0 Å². The van der Waals surface area contributed by atoms with Gasteiger partial charge in [-0.25, -0.2) is 0 Å². The zero-order valence-corrected chi connectivity index (χ0v) is 13.8. The van der Waals surface area contributed by atoms with E-state index in [1.807, 2.05) is 0 Å². The number of hydrogen-bond acceptors (Lipinski definition) is 2. The Morgan fingerprint density at radius 3 is 2.24 bits per heavy atom. The third-order valence-electron chi connectivity index (χ3n) is 5.40. The molecule has 2 aliphatic heterocycles. The fourth-order valence-corrected chi connectivity index (χ4v) is 4.07. The summed E-state index contributed by atoms with van der Waals surface area (Å²) in [6, 6.07) is 11.6. The van der Waals surface area contributed by atoms with E-state index in [1.54, 1.807) is 0 Å².